The maximum Gasteiger partial charge on any atom is 0.243 e. The van der Waals surface area contributed by atoms with Gasteiger partial charge in [-0.3, -0.25) is 4.79 Å². The lowest BCUT2D eigenvalue weighted by Crippen LogP contribution is -2.23. The van der Waals surface area contributed by atoms with E-state index in [0.717, 1.165) is 10.4 Å². The van der Waals surface area contributed by atoms with Crippen molar-refractivity contribution in [1.82, 2.24) is 5.32 Å². The van der Waals surface area contributed by atoms with E-state index in [9.17, 15) is 9.18 Å². The molecule has 1 aromatic heterocycles. The first-order valence-corrected chi connectivity index (χ1v) is 7.44. The molecular formula is C15H17FN2O2S. The normalized spacial score (nSPS) is 10.7. The zero-order valence-corrected chi connectivity index (χ0v) is 12.3. The van der Waals surface area contributed by atoms with Crippen LogP contribution in [-0.4, -0.2) is 25.7 Å². The number of hydrogen-bond donors (Lipinski definition) is 2. The second-order valence-electron chi connectivity index (χ2n) is 4.49. The van der Waals surface area contributed by atoms with Crippen LogP contribution in [0.4, 0.5) is 4.39 Å². The van der Waals surface area contributed by atoms with Gasteiger partial charge in [-0.15, -0.1) is 11.3 Å². The number of amides is 1. The van der Waals surface area contributed by atoms with E-state index in [-0.39, 0.29) is 12.4 Å². The summed E-state index contributed by atoms with van der Waals surface area (Å²) in [6.45, 7) is 1.54. The zero-order valence-electron chi connectivity index (χ0n) is 11.5. The number of ether oxygens (including phenoxy) is 1. The first-order chi connectivity index (χ1) is 10.2. The molecule has 0 radical (unpaired) electrons. The number of primary amides is 1. The minimum Gasteiger partial charge on any atom is -0.370 e. The fourth-order valence-corrected chi connectivity index (χ4v) is 2.60. The van der Waals surface area contributed by atoms with E-state index < -0.39 is 5.91 Å². The third-order valence-corrected chi connectivity index (χ3v) is 3.72. The van der Waals surface area contributed by atoms with Crippen molar-refractivity contribution in [2.45, 2.75) is 6.54 Å². The third-order valence-electron chi connectivity index (χ3n) is 2.81. The van der Waals surface area contributed by atoms with Crippen LogP contribution in [0.1, 0.15) is 5.56 Å². The summed E-state index contributed by atoms with van der Waals surface area (Å²) in [5.41, 5.74) is 6.57. The van der Waals surface area contributed by atoms with Crippen LogP contribution < -0.4 is 11.1 Å². The van der Waals surface area contributed by atoms with Crippen LogP contribution in [0.5, 0.6) is 0 Å². The first kappa shape index (κ1) is 15.6. The van der Waals surface area contributed by atoms with E-state index in [4.69, 9.17) is 10.5 Å². The maximum atomic E-state index is 13.8. The van der Waals surface area contributed by atoms with Gasteiger partial charge < -0.3 is 15.8 Å². The van der Waals surface area contributed by atoms with Gasteiger partial charge in [-0.25, -0.2) is 4.39 Å². The molecule has 0 aliphatic rings. The Balaban J connectivity index is 1.84. The molecule has 0 spiro atoms. The number of benzene rings is 1. The van der Waals surface area contributed by atoms with E-state index in [1.165, 1.54) is 17.4 Å². The Bertz CT molecular complexity index is 587. The van der Waals surface area contributed by atoms with Crippen LogP contribution in [0, 0.1) is 5.82 Å². The summed E-state index contributed by atoms with van der Waals surface area (Å²) in [7, 11) is 0. The molecule has 1 heterocycles. The standard InChI is InChI=1S/C15H17FN2O2S/c16-13-4-3-11(8-12(13)14-2-1-7-21-14)9-18-5-6-20-10-15(17)19/h1-4,7-8,18H,5-6,9-10H2,(H2,17,19). The molecule has 0 bridgehead atoms. The Hall–Kier alpha value is -1.76. The molecule has 4 nitrogen and oxygen atoms in total. The molecule has 0 saturated heterocycles. The maximum absolute atomic E-state index is 13.8. The Labute approximate surface area is 126 Å². The fourth-order valence-electron chi connectivity index (χ4n) is 1.85. The lowest BCUT2D eigenvalue weighted by atomic mass is 10.1. The van der Waals surface area contributed by atoms with Crippen molar-refractivity contribution in [1.29, 1.82) is 0 Å². The van der Waals surface area contributed by atoms with Crippen LogP contribution in [0.2, 0.25) is 0 Å². The van der Waals surface area contributed by atoms with Crippen LogP contribution in [0.15, 0.2) is 35.7 Å². The quantitative estimate of drug-likeness (QED) is 0.734. The predicted octanol–water partition coefficient (Wildman–Crippen LogP) is 2.15. The summed E-state index contributed by atoms with van der Waals surface area (Å²) < 4.78 is 18.9. The van der Waals surface area contributed by atoms with Crippen LogP contribution in [0.3, 0.4) is 0 Å². The molecule has 0 atom stereocenters. The molecule has 6 heteroatoms. The predicted molar refractivity (Wildman–Crippen MR) is 81.4 cm³/mol. The highest BCUT2D eigenvalue weighted by Gasteiger charge is 2.07. The average molecular weight is 308 g/mol. The first-order valence-electron chi connectivity index (χ1n) is 6.56. The van der Waals surface area contributed by atoms with Crippen LogP contribution in [0.25, 0.3) is 10.4 Å². The Morgan fingerprint density at radius 2 is 2.24 bits per heavy atom. The van der Waals surface area contributed by atoms with E-state index in [2.05, 4.69) is 5.32 Å². The lowest BCUT2D eigenvalue weighted by Gasteiger charge is -2.07. The second-order valence-corrected chi connectivity index (χ2v) is 5.43. The number of nitrogens with one attached hydrogen (secondary N) is 1. The Kier molecular flexibility index (Phi) is 5.86. The van der Waals surface area contributed by atoms with Gasteiger partial charge in [0.1, 0.15) is 12.4 Å². The second kappa shape index (κ2) is 7.87. The van der Waals surface area contributed by atoms with Gasteiger partial charge in [-0.1, -0.05) is 12.1 Å². The lowest BCUT2D eigenvalue weighted by molar-refractivity contribution is -0.122. The van der Waals surface area contributed by atoms with E-state index in [1.54, 1.807) is 6.07 Å². The summed E-state index contributed by atoms with van der Waals surface area (Å²) in [4.78, 5) is 11.4. The van der Waals surface area contributed by atoms with E-state index in [0.29, 0.717) is 25.3 Å². The summed E-state index contributed by atoms with van der Waals surface area (Å²) >= 11 is 1.51. The van der Waals surface area contributed by atoms with Gasteiger partial charge in [-0.2, -0.15) is 0 Å². The Morgan fingerprint density at radius 1 is 1.38 bits per heavy atom. The van der Waals surface area contributed by atoms with E-state index >= 15 is 0 Å². The number of thiophene rings is 1. The van der Waals surface area contributed by atoms with Gasteiger partial charge in [0.2, 0.25) is 5.91 Å². The van der Waals surface area contributed by atoms with Gasteiger partial charge in [0.15, 0.2) is 0 Å². The summed E-state index contributed by atoms with van der Waals surface area (Å²) in [5, 5.41) is 5.10. The molecule has 0 fully saturated rings. The SMILES string of the molecule is NC(=O)COCCNCc1ccc(F)c(-c2cccs2)c1. The van der Waals surface area contributed by atoms with Gasteiger partial charge >= 0.3 is 0 Å². The minimum atomic E-state index is -0.478. The number of nitrogens with two attached hydrogens (primary N) is 1. The van der Waals surface area contributed by atoms with Gasteiger partial charge in [0, 0.05) is 23.5 Å². The molecule has 0 saturated carbocycles. The molecular weight excluding hydrogens is 291 g/mol. The molecule has 3 N–H and O–H groups in total. The average Bonchev–Trinajstić information content (AvgIpc) is 2.98. The van der Waals surface area contributed by atoms with Crippen molar-refractivity contribution < 1.29 is 13.9 Å². The van der Waals surface area contributed by atoms with Gasteiger partial charge in [-0.05, 0) is 29.1 Å². The number of carbonyl (C=O) groups is 1. The molecule has 112 valence electrons. The summed E-state index contributed by atoms with van der Waals surface area (Å²) in [6.07, 6.45) is 0. The highest BCUT2D eigenvalue weighted by Crippen LogP contribution is 2.28. The monoisotopic (exact) mass is 308 g/mol. The molecule has 2 rings (SSSR count). The van der Waals surface area contributed by atoms with Crippen molar-refractivity contribution in [2.24, 2.45) is 5.73 Å². The minimum absolute atomic E-state index is 0.0687. The number of hydrogen-bond acceptors (Lipinski definition) is 4. The molecule has 1 aromatic carbocycles. The van der Waals surface area contributed by atoms with Crippen molar-refractivity contribution in [3.63, 3.8) is 0 Å². The van der Waals surface area contributed by atoms with Gasteiger partial charge in [0.25, 0.3) is 0 Å². The van der Waals surface area contributed by atoms with Crippen molar-refractivity contribution >= 4 is 17.2 Å². The molecule has 0 aliphatic heterocycles. The highest BCUT2D eigenvalue weighted by atomic mass is 32.1. The number of carbonyl (C=O) groups excluding carboxylic acids is 1. The molecule has 2 aromatic rings. The van der Waals surface area contributed by atoms with Gasteiger partial charge in [0.05, 0.1) is 6.61 Å². The zero-order chi connectivity index (χ0) is 15.1. The summed E-state index contributed by atoms with van der Waals surface area (Å²) in [5.74, 6) is -0.694. The Morgan fingerprint density at radius 3 is 2.95 bits per heavy atom. The van der Waals surface area contributed by atoms with E-state index in [1.807, 2.05) is 23.6 Å². The summed E-state index contributed by atoms with van der Waals surface area (Å²) in [6, 6.07) is 8.89. The fraction of sp³-hybridized carbons (Fsp3) is 0.267. The molecule has 0 unspecified atom stereocenters. The van der Waals surface area contributed by atoms with Crippen molar-refractivity contribution in [3.05, 3.63) is 47.1 Å². The van der Waals surface area contributed by atoms with Crippen LogP contribution in [-0.2, 0) is 16.1 Å². The highest BCUT2D eigenvalue weighted by molar-refractivity contribution is 7.13. The topological polar surface area (TPSA) is 64.4 Å². The van der Waals surface area contributed by atoms with Crippen LogP contribution >= 0.6 is 11.3 Å². The van der Waals surface area contributed by atoms with Crippen molar-refractivity contribution in [3.8, 4) is 10.4 Å². The molecule has 21 heavy (non-hydrogen) atoms. The van der Waals surface area contributed by atoms with Crippen molar-refractivity contribution in [2.75, 3.05) is 19.8 Å². The number of halogens is 1. The molecule has 0 aliphatic carbocycles. The number of rotatable bonds is 8. The third kappa shape index (κ3) is 4.93. The smallest absolute Gasteiger partial charge is 0.243 e. The largest absolute Gasteiger partial charge is 0.370 e. The molecule has 1 amide bonds.